The van der Waals surface area contributed by atoms with Crippen LogP contribution in [-0.2, 0) is 14.4 Å². The Balaban J connectivity index is 1.45. The highest BCUT2D eigenvalue weighted by Crippen LogP contribution is 2.71. The van der Waals surface area contributed by atoms with Crippen LogP contribution in [0.4, 0.5) is 5.69 Å². The predicted octanol–water partition coefficient (Wildman–Crippen LogP) is 2.94. The van der Waals surface area contributed by atoms with Crippen LogP contribution < -0.4 is 10.6 Å². The summed E-state index contributed by atoms with van der Waals surface area (Å²) in [6.45, 7) is 2.38. The fourth-order valence-electron chi connectivity index (χ4n) is 6.88. The third-order valence-electron chi connectivity index (χ3n) is 8.36. The first kappa shape index (κ1) is 23.7. The van der Waals surface area contributed by atoms with E-state index in [1.165, 1.54) is 6.42 Å². The highest BCUT2D eigenvalue weighted by atomic mass is 32.2. The van der Waals surface area contributed by atoms with Crippen molar-refractivity contribution in [2.45, 2.75) is 79.9 Å². The molecule has 1 spiro atoms. The number of carbonyl (C=O) groups excluding carboxylic acids is 3. The van der Waals surface area contributed by atoms with Crippen molar-refractivity contribution in [3.63, 3.8) is 0 Å². The van der Waals surface area contributed by atoms with Crippen molar-refractivity contribution in [2.24, 2.45) is 11.8 Å². The fraction of sp³-hybridized carbons (Fsp3) is 0.654. The number of hydrogen-bond donors (Lipinski definition) is 3. The highest BCUT2D eigenvalue weighted by Gasteiger charge is 2.77. The molecule has 3 N–H and O–H groups in total. The standard InChI is InChI=1S/C26H35N3O4S/c1-25-13-14-26(34-25)20(19(25)22(31)27-17-9-4-2-5-10-17)24(33)29(15-8-16-30)21(26)23(32)28-18-11-6-3-7-12-18/h2,4-5,9-10,18-21,30H,3,6-8,11-16H2,1H3,(H,27,31)(H,28,32)/t19-,20-,21?,25+,26?/m0/s1. The summed E-state index contributed by atoms with van der Waals surface area (Å²) in [5.74, 6) is -1.36. The number of anilines is 1. The molecule has 1 aromatic carbocycles. The zero-order valence-corrected chi connectivity index (χ0v) is 20.6. The molecule has 1 saturated carbocycles. The molecule has 2 unspecified atom stereocenters. The van der Waals surface area contributed by atoms with Crippen molar-refractivity contribution in [3.8, 4) is 0 Å². The lowest BCUT2D eigenvalue weighted by molar-refractivity contribution is -0.139. The van der Waals surface area contributed by atoms with E-state index < -0.39 is 22.6 Å². The molecule has 3 aliphatic heterocycles. The second kappa shape index (κ2) is 9.19. The van der Waals surface area contributed by atoms with Gasteiger partial charge in [0.25, 0.3) is 0 Å². The van der Waals surface area contributed by atoms with Gasteiger partial charge >= 0.3 is 0 Å². The van der Waals surface area contributed by atoms with Crippen LogP contribution in [0.2, 0.25) is 0 Å². The Morgan fingerprint density at radius 2 is 1.85 bits per heavy atom. The minimum atomic E-state index is -0.598. The van der Waals surface area contributed by atoms with Gasteiger partial charge in [-0.1, -0.05) is 37.5 Å². The topological polar surface area (TPSA) is 98.7 Å². The molecule has 3 heterocycles. The van der Waals surface area contributed by atoms with Gasteiger partial charge in [0.1, 0.15) is 6.04 Å². The van der Waals surface area contributed by atoms with Gasteiger partial charge in [-0.05, 0) is 51.2 Å². The Labute approximate surface area is 205 Å². The molecule has 5 rings (SSSR count). The van der Waals surface area contributed by atoms with Crippen LogP contribution in [0.15, 0.2) is 30.3 Å². The van der Waals surface area contributed by atoms with Crippen molar-refractivity contribution in [3.05, 3.63) is 30.3 Å². The summed E-state index contributed by atoms with van der Waals surface area (Å²) in [6, 6.07) is 8.90. The van der Waals surface area contributed by atoms with E-state index in [0.717, 1.165) is 38.5 Å². The maximum absolute atomic E-state index is 13.9. The summed E-state index contributed by atoms with van der Waals surface area (Å²) in [5, 5.41) is 15.8. The first-order valence-electron chi connectivity index (χ1n) is 12.7. The Kier molecular flexibility index (Phi) is 6.40. The SMILES string of the molecule is C[C@]12CCC3(S1)C(C(=O)NC1CCCCC1)N(CCCO)C(=O)[C@@H]3[C@H]2C(=O)Nc1ccccc1. The molecule has 34 heavy (non-hydrogen) atoms. The number of fused-ring (bicyclic) bond motifs is 1. The number of amides is 3. The van der Waals surface area contributed by atoms with Gasteiger partial charge in [0.05, 0.1) is 16.6 Å². The quantitative estimate of drug-likeness (QED) is 0.552. The van der Waals surface area contributed by atoms with Crippen molar-refractivity contribution in [1.82, 2.24) is 10.2 Å². The zero-order chi connectivity index (χ0) is 23.9. The minimum absolute atomic E-state index is 0.0405. The number of likely N-dealkylation sites (tertiary alicyclic amines) is 1. The minimum Gasteiger partial charge on any atom is -0.396 e. The predicted molar refractivity (Wildman–Crippen MR) is 132 cm³/mol. The molecule has 3 amide bonds. The molecule has 184 valence electrons. The number of carbonyl (C=O) groups is 3. The van der Waals surface area contributed by atoms with Crippen LogP contribution >= 0.6 is 11.8 Å². The number of hydrogen-bond acceptors (Lipinski definition) is 5. The maximum Gasteiger partial charge on any atom is 0.244 e. The van der Waals surface area contributed by atoms with E-state index in [1.54, 1.807) is 16.7 Å². The van der Waals surface area contributed by atoms with E-state index in [2.05, 4.69) is 17.6 Å². The van der Waals surface area contributed by atoms with Crippen LogP contribution in [0.5, 0.6) is 0 Å². The Morgan fingerprint density at radius 1 is 1.12 bits per heavy atom. The number of aliphatic hydroxyl groups excluding tert-OH is 1. The summed E-state index contributed by atoms with van der Waals surface area (Å²) in [4.78, 5) is 42.9. The lowest BCUT2D eigenvalue weighted by atomic mass is 9.66. The zero-order valence-electron chi connectivity index (χ0n) is 19.8. The molecule has 7 nitrogen and oxygen atoms in total. The highest BCUT2D eigenvalue weighted by molar-refractivity contribution is 8.02. The average molecular weight is 486 g/mol. The number of thioether (sulfide) groups is 1. The number of nitrogens with zero attached hydrogens (tertiary/aromatic N) is 1. The molecular weight excluding hydrogens is 450 g/mol. The molecule has 5 atom stereocenters. The molecule has 8 heteroatoms. The van der Waals surface area contributed by atoms with Gasteiger partial charge in [-0.2, -0.15) is 0 Å². The normalized spacial score (nSPS) is 34.8. The van der Waals surface area contributed by atoms with E-state index in [-0.39, 0.29) is 35.1 Å². The van der Waals surface area contributed by atoms with E-state index in [0.29, 0.717) is 18.7 Å². The lowest BCUT2D eigenvalue weighted by Crippen LogP contribution is -2.55. The van der Waals surface area contributed by atoms with E-state index in [1.807, 2.05) is 30.3 Å². The molecule has 0 radical (unpaired) electrons. The number of benzene rings is 1. The van der Waals surface area contributed by atoms with Crippen molar-refractivity contribution < 1.29 is 19.5 Å². The summed E-state index contributed by atoms with van der Waals surface area (Å²) in [6.07, 6.45) is 7.36. The van der Waals surface area contributed by atoms with E-state index in [4.69, 9.17) is 0 Å². The molecule has 2 bridgehead atoms. The molecular formula is C26H35N3O4S. The molecule has 0 aromatic heterocycles. The average Bonchev–Trinajstić information content (AvgIpc) is 3.39. The van der Waals surface area contributed by atoms with E-state index in [9.17, 15) is 19.5 Å². The maximum atomic E-state index is 13.9. The third kappa shape index (κ3) is 3.83. The van der Waals surface area contributed by atoms with Gasteiger partial charge in [0, 0.05) is 29.6 Å². The number of aliphatic hydroxyl groups is 1. The van der Waals surface area contributed by atoms with Crippen LogP contribution in [-0.4, -0.2) is 62.5 Å². The van der Waals surface area contributed by atoms with Crippen LogP contribution in [0.25, 0.3) is 0 Å². The monoisotopic (exact) mass is 485 g/mol. The third-order valence-corrected chi connectivity index (χ3v) is 10.3. The van der Waals surface area contributed by atoms with Gasteiger partial charge < -0.3 is 20.6 Å². The van der Waals surface area contributed by atoms with Crippen molar-refractivity contribution in [1.29, 1.82) is 0 Å². The van der Waals surface area contributed by atoms with Crippen LogP contribution in [0, 0.1) is 11.8 Å². The summed E-state index contributed by atoms with van der Waals surface area (Å²) < 4.78 is -0.982. The summed E-state index contributed by atoms with van der Waals surface area (Å²) in [5.41, 5.74) is 0.715. The van der Waals surface area contributed by atoms with Crippen LogP contribution in [0.3, 0.4) is 0 Å². The van der Waals surface area contributed by atoms with Crippen molar-refractivity contribution >= 4 is 35.2 Å². The van der Waals surface area contributed by atoms with Gasteiger partial charge in [0.2, 0.25) is 17.7 Å². The second-order valence-corrected chi connectivity index (χ2v) is 12.4. The van der Waals surface area contributed by atoms with Gasteiger partial charge in [-0.3, -0.25) is 14.4 Å². The van der Waals surface area contributed by atoms with Gasteiger partial charge in [-0.15, -0.1) is 11.8 Å². The number of nitrogens with one attached hydrogen (secondary N) is 2. The summed E-state index contributed by atoms with van der Waals surface area (Å²) in [7, 11) is 0. The molecule has 1 aromatic rings. The fourth-order valence-corrected chi connectivity index (χ4v) is 9.23. The molecule has 4 aliphatic rings. The number of rotatable bonds is 7. The molecule has 3 saturated heterocycles. The molecule has 1 aliphatic carbocycles. The number of para-hydroxylation sites is 1. The second-order valence-electron chi connectivity index (χ2n) is 10.5. The lowest BCUT2D eigenvalue weighted by Gasteiger charge is -2.36. The first-order valence-corrected chi connectivity index (χ1v) is 13.5. The molecule has 4 fully saturated rings. The summed E-state index contributed by atoms with van der Waals surface area (Å²) >= 11 is 1.69. The largest absolute Gasteiger partial charge is 0.396 e. The smallest absolute Gasteiger partial charge is 0.244 e. The Bertz CT molecular complexity index is 953. The van der Waals surface area contributed by atoms with Gasteiger partial charge in [-0.25, -0.2) is 0 Å². The Hall–Kier alpha value is -2.06. The van der Waals surface area contributed by atoms with Gasteiger partial charge in [0.15, 0.2) is 0 Å². The van der Waals surface area contributed by atoms with Crippen molar-refractivity contribution in [2.75, 3.05) is 18.5 Å². The Morgan fingerprint density at radius 3 is 2.56 bits per heavy atom. The van der Waals surface area contributed by atoms with E-state index >= 15 is 0 Å². The van der Waals surface area contributed by atoms with Crippen LogP contribution in [0.1, 0.15) is 58.3 Å². The first-order chi connectivity index (χ1) is 16.4.